The first-order valence-electron chi connectivity index (χ1n) is 8.04. The lowest BCUT2D eigenvalue weighted by Crippen LogP contribution is -2.19. The van der Waals surface area contributed by atoms with Gasteiger partial charge in [-0.3, -0.25) is 4.90 Å². The second-order valence-corrected chi connectivity index (χ2v) is 7.02. The highest BCUT2D eigenvalue weighted by molar-refractivity contribution is 7.09. The molecule has 0 radical (unpaired) electrons. The van der Waals surface area contributed by atoms with Crippen LogP contribution in [0, 0.1) is 0 Å². The molecule has 0 aliphatic carbocycles. The zero-order valence-electron chi connectivity index (χ0n) is 13.5. The monoisotopic (exact) mass is 341 g/mol. The Balaban J connectivity index is 1.45. The Bertz CT molecular complexity index is 800. The summed E-state index contributed by atoms with van der Waals surface area (Å²) in [5.74, 6) is 2.47. The molecule has 1 fully saturated rings. The largest absolute Gasteiger partial charge is 0.497 e. The number of nitrogens with zero attached hydrogens (tertiary/aromatic N) is 3. The molecule has 0 N–H and O–H groups in total. The molecule has 3 aromatic rings. The number of hydrogen-bond donors (Lipinski definition) is 0. The summed E-state index contributed by atoms with van der Waals surface area (Å²) in [6.45, 7) is 3.04. The molecule has 1 saturated heterocycles. The lowest BCUT2D eigenvalue weighted by Gasteiger charge is -2.13. The number of likely N-dealkylation sites (tertiary alicyclic amines) is 1. The summed E-state index contributed by atoms with van der Waals surface area (Å²) < 4.78 is 10.8. The summed E-state index contributed by atoms with van der Waals surface area (Å²) in [5, 5.41) is 6.28. The van der Waals surface area contributed by atoms with E-state index in [2.05, 4.69) is 32.6 Å². The summed E-state index contributed by atoms with van der Waals surface area (Å²) in [4.78, 5) is 8.46. The highest BCUT2D eigenvalue weighted by Crippen LogP contribution is 2.29. The smallest absolute Gasteiger partial charge is 0.231 e. The molecule has 5 nitrogen and oxygen atoms in total. The maximum Gasteiger partial charge on any atom is 0.231 e. The molecule has 124 valence electrons. The molecular weight excluding hydrogens is 322 g/mol. The molecule has 0 bridgehead atoms. The van der Waals surface area contributed by atoms with Crippen molar-refractivity contribution in [2.45, 2.75) is 18.9 Å². The minimum atomic E-state index is 0.317. The summed E-state index contributed by atoms with van der Waals surface area (Å²) in [7, 11) is 1.65. The van der Waals surface area contributed by atoms with E-state index >= 15 is 0 Å². The van der Waals surface area contributed by atoms with Crippen molar-refractivity contribution in [1.82, 2.24) is 15.0 Å². The Morgan fingerprint density at radius 2 is 2.29 bits per heavy atom. The van der Waals surface area contributed by atoms with Crippen molar-refractivity contribution in [3.8, 4) is 17.1 Å². The van der Waals surface area contributed by atoms with Crippen LogP contribution in [0.15, 0.2) is 46.3 Å². The Morgan fingerprint density at radius 3 is 3.12 bits per heavy atom. The van der Waals surface area contributed by atoms with Gasteiger partial charge in [0.2, 0.25) is 11.7 Å². The Morgan fingerprint density at radius 1 is 1.33 bits per heavy atom. The van der Waals surface area contributed by atoms with E-state index in [9.17, 15) is 0 Å². The van der Waals surface area contributed by atoms with Crippen LogP contribution in [0.1, 0.15) is 23.1 Å². The maximum atomic E-state index is 5.53. The average molecular weight is 341 g/mol. The fourth-order valence-electron chi connectivity index (χ4n) is 3.08. The predicted octanol–water partition coefficient (Wildman–Crippen LogP) is 3.80. The van der Waals surface area contributed by atoms with E-state index in [0.717, 1.165) is 43.3 Å². The SMILES string of the molecule is COc1cccc(-c2noc(C3CCN(Cc4cccs4)C3)n2)c1. The van der Waals surface area contributed by atoms with Crippen LogP contribution in [0.3, 0.4) is 0 Å². The van der Waals surface area contributed by atoms with Crippen molar-refractivity contribution in [1.29, 1.82) is 0 Å². The third kappa shape index (κ3) is 3.20. The minimum Gasteiger partial charge on any atom is -0.497 e. The third-order valence-electron chi connectivity index (χ3n) is 4.35. The van der Waals surface area contributed by atoms with Gasteiger partial charge in [0, 0.05) is 23.5 Å². The van der Waals surface area contributed by atoms with Gasteiger partial charge in [0.1, 0.15) is 5.75 Å². The first kappa shape index (κ1) is 15.4. The second-order valence-electron chi connectivity index (χ2n) is 5.99. The van der Waals surface area contributed by atoms with Gasteiger partial charge in [-0.25, -0.2) is 0 Å². The number of hydrogen-bond acceptors (Lipinski definition) is 6. The van der Waals surface area contributed by atoms with Crippen LogP contribution < -0.4 is 4.74 Å². The van der Waals surface area contributed by atoms with Gasteiger partial charge >= 0.3 is 0 Å². The predicted molar refractivity (Wildman–Crippen MR) is 93.2 cm³/mol. The van der Waals surface area contributed by atoms with E-state index in [-0.39, 0.29) is 0 Å². The molecule has 6 heteroatoms. The van der Waals surface area contributed by atoms with Gasteiger partial charge in [-0.1, -0.05) is 23.4 Å². The first-order valence-corrected chi connectivity index (χ1v) is 8.92. The van der Waals surface area contributed by atoms with Crippen molar-refractivity contribution in [2.75, 3.05) is 20.2 Å². The number of rotatable bonds is 5. The number of thiophene rings is 1. The van der Waals surface area contributed by atoms with Gasteiger partial charge in [-0.15, -0.1) is 11.3 Å². The molecule has 1 unspecified atom stereocenters. The van der Waals surface area contributed by atoms with Crippen molar-refractivity contribution in [3.05, 3.63) is 52.5 Å². The average Bonchev–Trinajstić information content (AvgIpc) is 3.36. The molecule has 1 aromatic carbocycles. The summed E-state index contributed by atoms with van der Waals surface area (Å²) in [5.41, 5.74) is 0.915. The quantitative estimate of drug-likeness (QED) is 0.706. The van der Waals surface area contributed by atoms with Crippen LogP contribution in [0.2, 0.25) is 0 Å². The summed E-state index contributed by atoms with van der Waals surface area (Å²) in [6.07, 6.45) is 1.06. The number of ether oxygens (including phenoxy) is 1. The Hall–Kier alpha value is -2.18. The number of aromatic nitrogens is 2. The number of benzene rings is 1. The van der Waals surface area contributed by atoms with Crippen LogP contribution in [-0.2, 0) is 6.54 Å². The van der Waals surface area contributed by atoms with Crippen LogP contribution in [0.25, 0.3) is 11.4 Å². The van der Waals surface area contributed by atoms with E-state index in [0.29, 0.717) is 11.7 Å². The van der Waals surface area contributed by atoms with Gasteiger partial charge < -0.3 is 9.26 Å². The number of methoxy groups -OCH3 is 1. The minimum absolute atomic E-state index is 0.317. The standard InChI is InChI=1S/C18H19N3O2S/c1-22-15-5-2-4-13(10-15)17-19-18(23-20-17)14-7-8-21(11-14)12-16-6-3-9-24-16/h2-6,9-10,14H,7-8,11-12H2,1H3. The zero-order valence-corrected chi connectivity index (χ0v) is 14.3. The van der Waals surface area contributed by atoms with Crippen LogP contribution in [0.4, 0.5) is 0 Å². The first-order chi connectivity index (χ1) is 11.8. The second kappa shape index (κ2) is 6.75. The Kier molecular flexibility index (Phi) is 4.32. The molecule has 0 amide bonds. The molecule has 0 spiro atoms. The van der Waals surface area contributed by atoms with Gasteiger partial charge in [-0.05, 0) is 36.5 Å². The van der Waals surface area contributed by atoms with E-state index in [1.165, 1.54) is 4.88 Å². The van der Waals surface area contributed by atoms with Crippen molar-refractivity contribution < 1.29 is 9.26 Å². The van der Waals surface area contributed by atoms with E-state index in [4.69, 9.17) is 9.26 Å². The lowest BCUT2D eigenvalue weighted by molar-refractivity contribution is 0.311. The molecule has 0 saturated carbocycles. The Labute approximate surface area is 144 Å². The van der Waals surface area contributed by atoms with Gasteiger partial charge in [0.25, 0.3) is 0 Å². The van der Waals surface area contributed by atoms with Crippen LogP contribution in [0.5, 0.6) is 5.75 Å². The van der Waals surface area contributed by atoms with Crippen LogP contribution in [-0.4, -0.2) is 35.2 Å². The summed E-state index contributed by atoms with van der Waals surface area (Å²) >= 11 is 1.81. The van der Waals surface area contributed by atoms with Crippen molar-refractivity contribution in [3.63, 3.8) is 0 Å². The van der Waals surface area contributed by atoms with Gasteiger partial charge in [0.05, 0.1) is 13.0 Å². The van der Waals surface area contributed by atoms with Crippen LogP contribution >= 0.6 is 11.3 Å². The molecule has 4 rings (SSSR count). The van der Waals surface area contributed by atoms with E-state index in [1.807, 2.05) is 24.3 Å². The van der Waals surface area contributed by atoms with Crippen molar-refractivity contribution in [2.24, 2.45) is 0 Å². The topological polar surface area (TPSA) is 51.4 Å². The molecular formula is C18H19N3O2S. The third-order valence-corrected chi connectivity index (χ3v) is 5.21. The van der Waals surface area contributed by atoms with E-state index < -0.39 is 0 Å². The highest BCUT2D eigenvalue weighted by atomic mass is 32.1. The highest BCUT2D eigenvalue weighted by Gasteiger charge is 2.28. The molecule has 2 aromatic heterocycles. The molecule has 1 aliphatic rings. The normalized spacial score (nSPS) is 18.1. The fraction of sp³-hybridized carbons (Fsp3) is 0.333. The van der Waals surface area contributed by atoms with Gasteiger partial charge in [0.15, 0.2) is 0 Å². The molecule has 1 aliphatic heterocycles. The summed E-state index contributed by atoms with van der Waals surface area (Å²) in [6, 6.07) is 12.0. The zero-order chi connectivity index (χ0) is 16.4. The maximum absolute atomic E-state index is 5.53. The molecule has 24 heavy (non-hydrogen) atoms. The van der Waals surface area contributed by atoms with E-state index in [1.54, 1.807) is 18.4 Å². The molecule has 1 atom stereocenters. The van der Waals surface area contributed by atoms with Gasteiger partial charge in [-0.2, -0.15) is 4.98 Å². The molecule has 3 heterocycles. The lowest BCUT2D eigenvalue weighted by atomic mass is 10.1. The fourth-order valence-corrected chi connectivity index (χ4v) is 3.83. The van der Waals surface area contributed by atoms with Crippen molar-refractivity contribution >= 4 is 11.3 Å².